The van der Waals surface area contributed by atoms with Crippen molar-refractivity contribution in [1.29, 1.82) is 0 Å². The Morgan fingerprint density at radius 1 is 1.09 bits per heavy atom. The first-order valence-electron chi connectivity index (χ1n) is 7.28. The molecule has 0 aliphatic rings. The molecule has 126 valence electrons. The summed E-state index contributed by atoms with van der Waals surface area (Å²) in [5.41, 5.74) is -0.823. The van der Waals surface area contributed by atoms with Crippen molar-refractivity contribution >= 4 is 18.3 Å². The molecular formula is C17H24N2O4. The number of alkyl carbamates (subject to hydrolysis) is 1. The Labute approximate surface area is 136 Å². The molecule has 1 unspecified atom stereocenters. The van der Waals surface area contributed by atoms with Crippen molar-refractivity contribution in [1.82, 2.24) is 10.2 Å². The smallest absolute Gasteiger partial charge is 0.408 e. The summed E-state index contributed by atoms with van der Waals surface area (Å²) in [6, 6.07) is 6.53. The summed E-state index contributed by atoms with van der Waals surface area (Å²) in [5.74, 6) is -0.135. The van der Waals surface area contributed by atoms with Crippen LogP contribution >= 0.6 is 0 Å². The quantitative estimate of drug-likeness (QED) is 0.864. The number of rotatable bonds is 4. The van der Waals surface area contributed by atoms with E-state index in [4.69, 9.17) is 4.74 Å². The summed E-state index contributed by atoms with van der Waals surface area (Å²) in [5, 5.41) is 2.56. The van der Waals surface area contributed by atoms with Crippen molar-refractivity contribution in [3.8, 4) is 0 Å². The van der Waals surface area contributed by atoms with Crippen molar-refractivity contribution in [2.75, 3.05) is 14.1 Å². The van der Waals surface area contributed by atoms with E-state index in [1.807, 2.05) is 0 Å². The number of nitrogens with zero attached hydrogens (tertiary/aromatic N) is 1. The minimum Gasteiger partial charge on any atom is -0.444 e. The first-order valence-corrected chi connectivity index (χ1v) is 7.28. The van der Waals surface area contributed by atoms with Crippen LogP contribution in [0.25, 0.3) is 0 Å². The summed E-state index contributed by atoms with van der Waals surface area (Å²) in [7, 11) is 3.33. The Hall–Kier alpha value is -2.37. The van der Waals surface area contributed by atoms with Gasteiger partial charge in [0, 0.05) is 19.7 Å². The van der Waals surface area contributed by atoms with Crippen molar-refractivity contribution < 1.29 is 19.1 Å². The van der Waals surface area contributed by atoms with Crippen LogP contribution in [0, 0.1) is 0 Å². The van der Waals surface area contributed by atoms with E-state index < -0.39 is 17.2 Å². The summed E-state index contributed by atoms with van der Waals surface area (Å²) < 4.78 is 5.18. The fourth-order valence-corrected chi connectivity index (χ4v) is 1.90. The highest BCUT2D eigenvalue weighted by Gasteiger charge is 2.30. The van der Waals surface area contributed by atoms with Gasteiger partial charge in [0.1, 0.15) is 17.4 Å². The molecule has 6 heteroatoms. The van der Waals surface area contributed by atoms with Crippen molar-refractivity contribution in [3.05, 3.63) is 35.4 Å². The zero-order valence-electron chi connectivity index (χ0n) is 14.5. The van der Waals surface area contributed by atoms with Crippen molar-refractivity contribution in [3.63, 3.8) is 0 Å². The normalized spacial score (nSPS) is 13.7. The topological polar surface area (TPSA) is 75.7 Å². The number of amides is 2. The summed E-state index contributed by atoms with van der Waals surface area (Å²) in [6.45, 7) is 6.80. The molecule has 0 bridgehead atoms. The van der Waals surface area contributed by atoms with E-state index >= 15 is 0 Å². The molecule has 1 rings (SSSR count). The molecule has 1 aromatic carbocycles. The number of carbonyl (C=O) groups is 3. The van der Waals surface area contributed by atoms with Crippen LogP contribution in [0.3, 0.4) is 0 Å². The van der Waals surface area contributed by atoms with Crippen LogP contribution in [0.4, 0.5) is 4.79 Å². The van der Waals surface area contributed by atoms with Gasteiger partial charge in [-0.2, -0.15) is 0 Å². The molecule has 0 saturated heterocycles. The average molecular weight is 320 g/mol. The Kier molecular flexibility index (Phi) is 5.53. The van der Waals surface area contributed by atoms with Gasteiger partial charge in [0.2, 0.25) is 0 Å². The molecule has 1 aromatic rings. The minimum atomic E-state index is -1.23. The molecule has 6 nitrogen and oxygen atoms in total. The van der Waals surface area contributed by atoms with Crippen LogP contribution < -0.4 is 5.32 Å². The highest BCUT2D eigenvalue weighted by Crippen LogP contribution is 2.20. The van der Waals surface area contributed by atoms with Gasteiger partial charge >= 0.3 is 6.09 Å². The fraction of sp³-hybridized carbons (Fsp3) is 0.471. The third-order valence-corrected chi connectivity index (χ3v) is 3.13. The lowest BCUT2D eigenvalue weighted by Crippen LogP contribution is -2.46. The average Bonchev–Trinajstić information content (AvgIpc) is 2.44. The van der Waals surface area contributed by atoms with E-state index in [0.717, 1.165) is 0 Å². The van der Waals surface area contributed by atoms with Gasteiger partial charge in [0.05, 0.1) is 0 Å². The molecule has 0 spiro atoms. The molecule has 2 amide bonds. The van der Waals surface area contributed by atoms with Gasteiger partial charge in [0.25, 0.3) is 5.91 Å². The second-order valence-electron chi connectivity index (χ2n) is 6.72. The lowest BCUT2D eigenvalue weighted by molar-refractivity contribution is -0.113. The van der Waals surface area contributed by atoms with E-state index in [2.05, 4.69) is 5.32 Å². The number of aldehydes is 1. The van der Waals surface area contributed by atoms with Gasteiger partial charge < -0.3 is 19.7 Å². The first kappa shape index (κ1) is 18.7. The van der Waals surface area contributed by atoms with Crippen molar-refractivity contribution in [2.45, 2.75) is 38.8 Å². The van der Waals surface area contributed by atoms with Gasteiger partial charge in [-0.05, 0) is 45.4 Å². The number of nitrogens with one attached hydrogen (secondary N) is 1. The molecule has 0 aromatic heterocycles. The van der Waals surface area contributed by atoms with Crippen LogP contribution in [-0.4, -0.2) is 42.9 Å². The van der Waals surface area contributed by atoms with Gasteiger partial charge in [-0.25, -0.2) is 4.79 Å². The van der Waals surface area contributed by atoms with Gasteiger partial charge in [-0.15, -0.1) is 0 Å². The Balaban J connectivity index is 2.98. The number of ether oxygens (including phenoxy) is 1. The molecule has 0 radical (unpaired) electrons. The van der Waals surface area contributed by atoms with Gasteiger partial charge in [-0.3, -0.25) is 4.79 Å². The molecular weight excluding hydrogens is 296 g/mol. The highest BCUT2D eigenvalue weighted by atomic mass is 16.6. The number of benzene rings is 1. The Morgan fingerprint density at radius 2 is 1.61 bits per heavy atom. The molecule has 1 atom stereocenters. The Morgan fingerprint density at radius 3 is 2.00 bits per heavy atom. The molecule has 0 saturated carbocycles. The second kappa shape index (κ2) is 6.81. The molecule has 0 fully saturated rings. The SMILES string of the molecule is CN(C)C(=O)c1ccc(C(C)(C=O)NC(=O)OC(C)(C)C)cc1. The van der Waals surface area contributed by atoms with Crippen LogP contribution in [0.15, 0.2) is 24.3 Å². The van der Waals surface area contributed by atoms with Gasteiger partial charge in [-0.1, -0.05) is 12.1 Å². The number of hydrogen-bond donors (Lipinski definition) is 1. The number of hydrogen-bond acceptors (Lipinski definition) is 4. The zero-order valence-corrected chi connectivity index (χ0v) is 14.5. The lowest BCUT2D eigenvalue weighted by Gasteiger charge is -2.28. The first-order chi connectivity index (χ1) is 10.5. The van der Waals surface area contributed by atoms with E-state index in [9.17, 15) is 14.4 Å². The maximum absolute atomic E-state index is 11.9. The largest absolute Gasteiger partial charge is 0.444 e. The standard InChI is InChI=1S/C17H24N2O4/c1-16(2,3)23-15(22)18-17(4,11-20)13-9-7-12(8-10-13)14(21)19(5)6/h7-11H,1-6H3,(H,18,22). The van der Waals surface area contributed by atoms with Gasteiger partial charge in [0.15, 0.2) is 0 Å². The summed E-state index contributed by atoms with van der Waals surface area (Å²) >= 11 is 0. The van der Waals surface area contributed by atoms with Crippen LogP contribution in [0.2, 0.25) is 0 Å². The molecule has 0 heterocycles. The molecule has 0 aliphatic carbocycles. The summed E-state index contributed by atoms with van der Waals surface area (Å²) in [6.07, 6.45) is -0.0415. The van der Waals surface area contributed by atoms with E-state index in [1.165, 1.54) is 4.90 Å². The third-order valence-electron chi connectivity index (χ3n) is 3.13. The van der Waals surface area contributed by atoms with E-state index in [-0.39, 0.29) is 5.91 Å². The summed E-state index contributed by atoms with van der Waals surface area (Å²) in [4.78, 5) is 36.8. The predicted molar refractivity (Wildman–Crippen MR) is 87.2 cm³/mol. The minimum absolute atomic E-state index is 0.135. The fourth-order valence-electron chi connectivity index (χ4n) is 1.90. The second-order valence-corrected chi connectivity index (χ2v) is 6.72. The highest BCUT2D eigenvalue weighted by molar-refractivity contribution is 5.94. The van der Waals surface area contributed by atoms with Crippen molar-refractivity contribution in [2.24, 2.45) is 0 Å². The van der Waals surface area contributed by atoms with Crippen LogP contribution in [0.1, 0.15) is 43.6 Å². The predicted octanol–water partition coefficient (Wildman–Crippen LogP) is 2.33. The lowest BCUT2D eigenvalue weighted by atomic mass is 9.93. The molecule has 1 N–H and O–H groups in total. The zero-order chi connectivity index (χ0) is 17.8. The molecule has 23 heavy (non-hydrogen) atoms. The molecule has 0 aliphatic heterocycles. The maximum atomic E-state index is 11.9. The van der Waals surface area contributed by atoms with E-state index in [1.54, 1.807) is 66.1 Å². The third kappa shape index (κ3) is 5.09. The van der Waals surface area contributed by atoms with Crippen LogP contribution in [0.5, 0.6) is 0 Å². The monoisotopic (exact) mass is 320 g/mol. The maximum Gasteiger partial charge on any atom is 0.408 e. The van der Waals surface area contributed by atoms with E-state index in [0.29, 0.717) is 17.4 Å². The Bertz CT molecular complexity index is 588. The van der Waals surface area contributed by atoms with Crippen LogP contribution in [-0.2, 0) is 15.1 Å². The number of carbonyl (C=O) groups excluding carboxylic acids is 3.